The summed E-state index contributed by atoms with van der Waals surface area (Å²) in [5.74, 6) is 0.839. The fourth-order valence-corrected chi connectivity index (χ4v) is 5.53. The first kappa shape index (κ1) is 18.4. The molecular weight excluding hydrogens is 410 g/mol. The number of thiophene rings is 1. The van der Waals surface area contributed by atoms with Crippen LogP contribution in [-0.4, -0.2) is 31.4 Å². The highest BCUT2D eigenvalue weighted by Gasteiger charge is 2.19. The molecule has 2 aromatic heterocycles. The molecule has 3 heterocycles. The third-order valence-electron chi connectivity index (χ3n) is 5.83. The maximum atomic E-state index is 12.9. The summed E-state index contributed by atoms with van der Waals surface area (Å²) in [5.41, 5.74) is 2.47. The van der Waals surface area contributed by atoms with Crippen LogP contribution in [0.15, 0.2) is 69.9 Å². The van der Waals surface area contributed by atoms with E-state index in [0.29, 0.717) is 43.2 Å². The van der Waals surface area contributed by atoms with Gasteiger partial charge in [0.1, 0.15) is 11.3 Å². The Morgan fingerprint density at radius 2 is 1.65 bits per heavy atom. The Bertz CT molecular complexity index is 1510. The fourth-order valence-electron chi connectivity index (χ4n) is 4.32. The summed E-state index contributed by atoms with van der Waals surface area (Å²) < 4.78 is 14.0. The van der Waals surface area contributed by atoms with Gasteiger partial charge in [-0.1, -0.05) is 30.3 Å². The first-order valence-electron chi connectivity index (χ1n) is 10.2. The van der Waals surface area contributed by atoms with Gasteiger partial charge in [-0.05, 0) is 24.3 Å². The Hall–Kier alpha value is -3.35. The van der Waals surface area contributed by atoms with Crippen molar-refractivity contribution < 1.29 is 14.3 Å². The monoisotopic (exact) mass is 429 g/mol. The van der Waals surface area contributed by atoms with Crippen LogP contribution in [0.5, 0.6) is 5.75 Å². The second-order valence-corrected chi connectivity index (χ2v) is 8.75. The lowest BCUT2D eigenvalue weighted by molar-refractivity contribution is 0.121. The third kappa shape index (κ3) is 2.99. The molecule has 1 N–H and O–H groups in total. The number of ether oxygens (including phenoxy) is 1. The quantitative estimate of drug-likeness (QED) is 0.409. The summed E-state index contributed by atoms with van der Waals surface area (Å²) in [7, 11) is 0. The molecule has 0 unspecified atom stereocenters. The molecule has 5 nitrogen and oxygen atoms in total. The van der Waals surface area contributed by atoms with Crippen molar-refractivity contribution in [3.8, 4) is 16.9 Å². The van der Waals surface area contributed by atoms with E-state index < -0.39 is 0 Å². The zero-order valence-corrected chi connectivity index (χ0v) is 17.4. The number of phenolic OH excluding ortho intramolecular Hbond substituents is 1. The van der Waals surface area contributed by atoms with Crippen LogP contribution in [0.4, 0.5) is 5.88 Å². The minimum absolute atomic E-state index is 0.0435. The van der Waals surface area contributed by atoms with Crippen LogP contribution in [0.3, 0.4) is 0 Å². The van der Waals surface area contributed by atoms with Crippen LogP contribution in [0.25, 0.3) is 42.3 Å². The summed E-state index contributed by atoms with van der Waals surface area (Å²) in [5, 5.41) is 12.6. The van der Waals surface area contributed by atoms with Gasteiger partial charge in [-0.15, -0.1) is 11.3 Å². The van der Waals surface area contributed by atoms with Crippen LogP contribution in [0.2, 0.25) is 0 Å². The van der Waals surface area contributed by atoms with Crippen molar-refractivity contribution >= 4 is 48.4 Å². The predicted octanol–water partition coefficient (Wildman–Crippen LogP) is 5.37. The van der Waals surface area contributed by atoms with E-state index in [9.17, 15) is 9.90 Å². The highest BCUT2D eigenvalue weighted by molar-refractivity contribution is 7.26. The fraction of sp³-hybridized carbons (Fsp3) is 0.160. The van der Waals surface area contributed by atoms with Crippen molar-refractivity contribution in [3.63, 3.8) is 0 Å². The number of benzene rings is 3. The van der Waals surface area contributed by atoms with Gasteiger partial charge in [0.05, 0.1) is 18.6 Å². The molecule has 31 heavy (non-hydrogen) atoms. The summed E-state index contributed by atoms with van der Waals surface area (Å²) in [6, 6.07) is 18.9. The molecule has 154 valence electrons. The van der Waals surface area contributed by atoms with E-state index >= 15 is 0 Å². The van der Waals surface area contributed by atoms with E-state index in [2.05, 4.69) is 17.0 Å². The lowest BCUT2D eigenvalue weighted by Crippen LogP contribution is -2.36. The number of phenols is 1. The summed E-state index contributed by atoms with van der Waals surface area (Å²) in [6.07, 6.45) is 0. The maximum Gasteiger partial charge on any atom is 0.200 e. The highest BCUT2D eigenvalue weighted by atomic mass is 32.1. The van der Waals surface area contributed by atoms with Crippen molar-refractivity contribution in [2.45, 2.75) is 0 Å². The Balaban J connectivity index is 1.62. The highest BCUT2D eigenvalue weighted by Crippen LogP contribution is 2.42. The molecule has 0 spiro atoms. The molecule has 6 rings (SSSR count). The minimum atomic E-state index is -0.0435. The molecule has 1 saturated heterocycles. The number of aromatic hydroxyl groups is 1. The molecule has 5 aromatic rings. The molecule has 0 saturated carbocycles. The van der Waals surface area contributed by atoms with Gasteiger partial charge in [0, 0.05) is 50.5 Å². The molecule has 0 radical (unpaired) electrons. The first-order valence-corrected chi connectivity index (χ1v) is 11.0. The second kappa shape index (κ2) is 7.11. The van der Waals surface area contributed by atoms with Gasteiger partial charge in [0.2, 0.25) is 0 Å². The normalized spacial score (nSPS) is 14.6. The summed E-state index contributed by atoms with van der Waals surface area (Å²) in [4.78, 5) is 15.0. The van der Waals surface area contributed by atoms with Crippen LogP contribution < -0.4 is 10.3 Å². The lowest BCUT2D eigenvalue weighted by atomic mass is 10.0. The molecular formula is C25H19NO4S. The maximum absolute atomic E-state index is 12.9. The van der Waals surface area contributed by atoms with E-state index in [1.165, 1.54) is 0 Å². The van der Waals surface area contributed by atoms with Crippen LogP contribution in [-0.2, 0) is 4.74 Å². The number of fused-ring (bicyclic) bond motifs is 4. The Labute approximate surface area is 181 Å². The van der Waals surface area contributed by atoms with Gasteiger partial charge in [0.15, 0.2) is 11.3 Å². The Kier molecular flexibility index (Phi) is 4.23. The van der Waals surface area contributed by atoms with Crippen LogP contribution >= 0.6 is 11.3 Å². The number of rotatable bonds is 2. The molecule has 0 atom stereocenters. The molecule has 3 aromatic carbocycles. The SMILES string of the molecule is O=c1cc(N2CCOCC2)oc2c(-c3cccc4c3sc3ccc(O)cc34)cccc12. The van der Waals surface area contributed by atoms with Gasteiger partial charge in [-0.25, -0.2) is 0 Å². The molecule has 6 heteroatoms. The number of para-hydroxylation sites is 1. The molecule has 1 aliphatic heterocycles. The zero-order valence-electron chi connectivity index (χ0n) is 16.6. The van der Waals surface area contributed by atoms with Gasteiger partial charge in [0.25, 0.3) is 0 Å². The van der Waals surface area contributed by atoms with E-state index in [0.717, 1.165) is 31.3 Å². The van der Waals surface area contributed by atoms with E-state index in [4.69, 9.17) is 9.15 Å². The molecule has 0 aliphatic carbocycles. The second-order valence-electron chi connectivity index (χ2n) is 7.70. The average Bonchev–Trinajstić information content (AvgIpc) is 3.17. The topological polar surface area (TPSA) is 62.9 Å². The predicted molar refractivity (Wildman–Crippen MR) is 126 cm³/mol. The molecule has 0 bridgehead atoms. The summed E-state index contributed by atoms with van der Waals surface area (Å²) in [6.45, 7) is 2.65. The Morgan fingerprint density at radius 1 is 0.871 bits per heavy atom. The van der Waals surface area contributed by atoms with E-state index in [1.807, 2.05) is 30.3 Å². The van der Waals surface area contributed by atoms with Crippen molar-refractivity contribution in [3.05, 3.63) is 70.9 Å². The van der Waals surface area contributed by atoms with Gasteiger partial charge < -0.3 is 19.2 Å². The Morgan fingerprint density at radius 3 is 2.48 bits per heavy atom. The summed E-state index contributed by atoms with van der Waals surface area (Å²) >= 11 is 1.68. The zero-order chi connectivity index (χ0) is 20.9. The number of morpholine rings is 1. The lowest BCUT2D eigenvalue weighted by Gasteiger charge is -2.27. The van der Waals surface area contributed by atoms with Gasteiger partial charge in [-0.3, -0.25) is 4.79 Å². The largest absolute Gasteiger partial charge is 0.508 e. The standard InChI is InChI=1S/C25H19NO4S/c27-15-7-8-22-20(13-15)18-5-2-4-17(25(18)31-22)16-3-1-6-19-21(28)14-23(30-24(16)19)26-9-11-29-12-10-26/h1-8,13-14,27H,9-12H2. The number of hydrogen-bond donors (Lipinski definition) is 1. The van der Waals surface area contributed by atoms with Gasteiger partial charge >= 0.3 is 0 Å². The third-order valence-corrected chi connectivity index (χ3v) is 7.05. The minimum Gasteiger partial charge on any atom is -0.508 e. The number of anilines is 1. The van der Waals surface area contributed by atoms with Crippen molar-refractivity contribution in [2.24, 2.45) is 0 Å². The smallest absolute Gasteiger partial charge is 0.200 e. The van der Waals surface area contributed by atoms with Crippen molar-refractivity contribution in [1.29, 1.82) is 0 Å². The number of hydrogen-bond acceptors (Lipinski definition) is 6. The van der Waals surface area contributed by atoms with Crippen LogP contribution in [0.1, 0.15) is 0 Å². The van der Waals surface area contributed by atoms with Crippen LogP contribution in [0, 0.1) is 0 Å². The van der Waals surface area contributed by atoms with Gasteiger partial charge in [-0.2, -0.15) is 0 Å². The molecule has 1 fully saturated rings. The molecule has 0 amide bonds. The van der Waals surface area contributed by atoms with Crippen molar-refractivity contribution in [2.75, 3.05) is 31.2 Å². The van der Waals surface area contributed by atoms with Crippen molar-refractivity contribution in [1.82, 2.24) is 0 Å². The first-order chi connectivity index (χ1) is 15.2. The average molecular weight is 429 g/mol. The van der Waals surface area contributed by atoms with E-state index in [1.54, 1.807) is 29.5 Å². The molecule has 1 aliphatic rings. The van der Waals surface area contributed by atoms with E-state index in [-0.39, 0.29) is 11.2 Å². The number of nitrogens with zero attached hydrogens (tertiary/aromatic N) is 1.